The van der Waals surface area contributed by atoms with Crippen LogP contribution in [0, 0.1) is 0 Å². The summed E-state index contributed by atoms with van der Waals surface area (Å²) in [5.74, 6) is 7.70. The Hall–Kier alpha value is -1.86. The van der Waals surface area contributed by atoms with Crippen molar-refractivity contribution in [3.05, 3.63) is 18.3 Å². The second kappa shape index (κ2) is 6.35. The standard InChI is InChI=1S/C12H23N6O/c1-15(2)12(16(3)4)18(13)10-8-7-9-14-11(10)17(5)19-6/h7-9H,13H2,1-6H3/q+1. The number of nitrogens with two attached hydrogens (primary N) is 1. The van der Waals surface area contributed by atoms with Gasteiger partial charge in [0, 0.05) is 13.2 Å². The molecule has 0 spiro atoms. The highest BCUT2D eigenvalue weighted by Crippen LogP contribution is 2.24. The molecule has 0 amide bonds. The quantitative estimate of drug-likeness (QED) is 0.272. The predicted octanol–water partition coefficient (Wildman–Crippen LogP) is -0.0510. The number of aromatic nitrogens is 1. The van der Waals surface area contributed by atoms with Crippen LogP contribution < -0.4 is 15.9 Å². The second-order valence-electron chi connectivity index (χ2n) is 4.49. The summed E-state index contributed by atoms with van der Waals surface area (Å²) >= 11 is 0. The largest absolute Gasteiger partial charge is 0.372 e. The molecule has 19 heavy (non-hydrogen) atoms. The van der Waals surface area contributed by atoms with Crippen LogP contribution in [0.3, 0.4) is 0 Å². The third-order valence-corrected chi connectivity index (χ3v) is 2.61. The average Bonchev–Trinajstić information content (AvgIpc) is 2.36. The number of hydroxylamine groups is 1. The summed E-state index contributed by atoms with van der Waals surface area (Å²) in [6.07, 6.45) is 1.70. The van der Waals surface area contributed by atoms with Gasteiger partial charge in [0.05, 0.1) is 35.3 Å². The van der Waals surface area contributed by atoms with Crippen molar-refractivity contribution in [3.63, 3.8) is 0 Å². The molecular weight excluding hydrogens is 244 g/mol. The molecule has 0 bridgehead atoms. The van der Waals surface area contributed by atoms with Gasteiger partial charge in [-0.3, -0.25) is 14.3 Å². The van der Waals surface area contributed by atoms with E-state index in [1.54, 1.807) is 30.4 Å². The van der Waals surface area contributed by atoms with Gasteiger partial charge < -0.3 is 0 Å². The van der Waals surface area contributed by atoms with E-state index in [1.807, 2.05) is 49.8 Å². The summed E-state index contributed by atoms with van der Waals surface area (Å²) in [4.78, 5) is 11.4. The monoisotopic (exact) mass is 267 g/mol. The van der Waals surface area contributed by atoms with E-state index in [0.717, 1.165) is 11.6 Å². The Morgan fingerprint density at radius 3 is 2.42 bits per heavy atom. The number of rotatable bonds is 3. The molecule has 7 nitrogen and oxygen atoms in total. The first kappa shape index (κ1) is 15.2. The first-order chi connectivity index (χ1) is 8.90. The molecule has 1 aromatic rings. The minimum atomic E-state index is 0.647. The highest BCUT2D eigenvalue weighted by Gasteiger charge is 2.25. The summed E-state index contributed by atoms with van der Waals surface area (Å²) in [7, 11) is 11.1. The fourth-order valence-corrected chi connectivity index (χ4v) is 1.84. The van der Waals surface area contributed by atoms with Crippen molar-refractivity contribution in [1.82, 2.24) is 9.88 Å². The van der Waals surface area contributed by atoms with E-state index < -0.39 is 0 Å². The number of pyridine rings is 1. The van der Waals surface area contributed by atoms with Gasteiger partial charge in [0.2, 0.25) is 0 Å². The van der Waals surface area contributed by atoms with Crippen molar-refractivity contribution >= 4 is 17.5 Å². The number of anilines is 2. The van der Waals surface area contributed by atoms with Crippen LogP contribution >= 0.6 is 0 Å². The van der Waals surface area contributed by atoms with Gasteiger partial charge in [0.15, 0.2) is 11.5 Å². The summed E-state index contributed by atoms with van der Waals surface area (Å²) in [6, 6.07) is 3.73. The number of guanidine groups is 1. The van der Waals surface area contributed by atoms with Crippen molar-refractivity contribution in [1.29, 1.82) is 0 Å². The molecule has 106 valence electrons. The first-order valence-electron chi connectivity index (χ1n) is 5.89. The van der Waals surface area contributed by atoms with Gasteiger partial charge >= 0.3 is 5.96 Å². The Morgan fingerprint density at radius 1 is 1.32 bits per heavy atom. The zero-order valence-electron chi connectivity index (χ0n) is 12.5. The third-order valence-electron chi connectivity index (χ3n) is 2.61. The lowest BCUT2D eigenvalue weighted by atomic mass is 10.3. The Morgan fingerprint density at radius 2 is 1.95 bits per heavy atom. The molecule has 0 aliphatic carbocycles. The van der Waals surface area contributed by atoms with Crippen LogP contribution in [-0.2, 0) is 4.84 Å². The lowest BCUT2D eigenvalue weighted by molar-refractivity contribution is -0.470. The van der Waals surface area contributed by atoms with Gasteiger partial charge in [-0.15, -0.1) is 0 Å². The molecule has 0 saturated heterocycles. The van der Waals surface area contributed by atoms with E-state index in [-0.39, 0.29) is 0 Å². The maximum absolute atomic E-state index is 6.23. The van der Waals surface area contributed by atoms with E-state index in [1.165, 1.54) is 0 Å². The normalized spacial score (nSPS) is 10.1. The fraction of sp³-hybridized carbons (Fsp3) is 0.500. The third kappa shape index (κ3) is 3.33. The smallest absolute Gasteiger partial charge is 0.276 e. The molecule has 0 saturated carbocycles. The summed E-state index contributed by atoms with van der Waals surface area (Å²) in [5, 5.41) is 3.15. The van der Waals surface area contributed by atoms with E-state index in [9.17, 15) is 0 Å². The molecule has 1 aromatic heterocycles. The molecule has 0 radical (unpaired) electrons. The van der Waals surface area contributed by atoms with Crippen LogP contribution in [0.15, 0.2) is 18.3 Å². The van der Waals surface area contributed by atoms with Crippen molar-refractivity contribution < 1.29 is 9.41 Å². The Balaban J connectivity index is 3.26. The average molecular weight is 267 g/mol. The van der Waals surface area contributed by atoms with Gasteiger partial charge in [-0.05, 0) is 12.1 Å². The van der Waals surface area contributed by atoms with Crippen LogP contribution in [0.5, 0.6) is 0 Å². The minimum absolute atomic E-state index is 0.647. The molecule has 1 heterocycles. The highest BCUT2D eigenvalue weighted by molar-refractivity contribution is 5.93. The number of hydrazine groups is 1. The molecule has 2 N–H and O–H groups in total. The second-order valence-corrected chi connectivity index (χ2v) is 4.49. The zero-order chi connectivity index (χ0) is 14.6. The molecule has 0 aliphatic heterocycles. The van der Waals surface area contributed by atoms with Gasteiger partial charge in [-0.25, -0.2) is 10.0 Å². The molecule has 0 aromatic carbocycles. The highest BCUT2D eigenvalue weighted by atomic mass is 16.7. The first-order valence-corrected chi connectivity index (χ1v) is 5.89. The van der Waals surface area contributed by atoms with E-state index >= 15 is 0 Å². The maximum atomic E-state index is 6.23. The van der Waals surface area contributed by atoms with E-state index in [4.69, 9.17) is 10.7 Å². The van der Waals surface area contributed by atoms with Crippen molar-refractivity contribution in [2.24, 2.45) is 5.84 Å². The summed E-state index contributed by atoms with van der Waals surface area (Å²) in [6.45, 7) is 0. The van der Waals surface area contributed by atoms with Crippen LogP contribution in [-0.4, -0.2) is 62.8 Å². The lowest BCUT2D eigenvalue weighted by Gasteiger charge is -2.24. The van der Waals surface area contributed by atoms with Gasteiger partial charge in [0.25, 0.3) is 0 Å². The molecule has 0 aliphatic rings. The van der Waals surface area contributed by atoms with Crippen LogP contribution in [0.25, 0.3) is 0 Å². The molecule has 0 unspecified atom stereocenters. The van der Waals surface area contributed by atoms with Crippen LogP contribution in [0.1, 0.15) is 0 Å². The van der Waals surface area contributed by atoms with E-state index in [2.05, 4.69) is 4.98 Å². The molecule has 0 atom stereocenters. The minimum Gasteiger partial charge on any atom is -0.276 e. The lowest BCUT2D eigenvalue weighted by Crippen LogP contribution is -2.50. The fourth-order valence-electron chi connectivity index (χ4n) is 1.84. The topological polar surface area (TPSA) is 60.9 Å². The van der Waals surface area contributed by atoms with Crippen LogP contribution in [0.4, 0.5) is 11.5 Å². The number of nitrogens with zero attached hydrogens (tertiary/aromatic N) is 5. The molecule has 7 heteroatoms. The summed E-state index contributed by atoms with van der Waals surface area (Å²) < 4.78 is 1.93. The van der Waals surface area contributed by atoms with Crippen LogP contribution in [0.2, 0.25) is 0 Å². The van der Waals surface area contributed by atoms with Gasteiger partial charge in [0.1, 0.15) is 0 Å². The Kier molecular flexibility index (Phi) is 5.08. The SMILES string of the molecule is CON(C)c1ncccc1N(N)C(N(C)C)=[N+](C)C. The number of hydrogen-bond acceptors (Lipinski definition) is 4. The van der Waals surface area contributed by atoms with Crippen molar-refractivity contribution in [3.8, 4) is 0 Å². The predicted molar refractivity (Wildman–Crippen MR) is 77.1 cm³/mol. The zero-order valence-corrected chi connectivity index (χ0v) is 12.5. The van der Waals surface area contributed by atoms with Crippen molar-refractivity contribution in [2.75, 3.05) is 52.4 Å². The Bertz CT molecular complexity index is 455. The maximum Gasteiger partial charge on any atom is 0.372 e. The molecule has 1 rings (SSSR count). The summed E-state index contributed by atoms with van der Waals surface area (Å²) in [5.41, 5.74) is 0.754. The van der Waals surface area contributed by atoms with Gasteiger partial charge in [-0.2, -0.15) is 10.9 Å². The van der Waals surface area contributed by atoms with Gasteiger partial charge in [-0.1, -0.05) is 0 Å². The number of hydrogen-bond donors (Lipinski definition) is 1. The Labute approximate surface area is 114 Å². The van der Waals surface area contributed by atoms with E-state index in [0.29, 0.717) is 5.82 Å². The molecule has 0 fully saturated rings. The molecular formula is C12H23N6O+. The van der Waals surface area contributed by atoms with Crippen molar-refractivity contribution in [2.45, 2.75) is 0 Å².